The lowest BCUT2D eigenvalue weighted by Gasteiger charge is -2.12. The van der Waals surface area contributed by atoms with Crippen molar-refractivity contribution < 1.29 is 17.7 Å². The smallest absolute Gasteiger partial charge is 0.329 e. The van der Waals surface area contributed by atoms with Crippen LogP contribution in [0.3, 0.4) is 0 Å². The molecule has 0 bridgehead atoms. The van der Waals surface area contributed by atoms with Crippen molar-refractivity contribution in [2.45, 2.75) is 31.5 Å². The lowest BCUT2D eigenvalue weighted by Crippen LogP contribution is -2.19. The highest BCUT2D eigenvalue weighted by Gasteiger charge is 2.39. The normalized spacial score (nSPS) is 17.0. The fourth-order valence-electron chi connectivity index (χ4n) is 2.97. The lowest BCUT2D eigenvalue weighted by molar-refractivity contribution is -0.159. The van der Waals surface area contributed by atoms with E-state index in [4.69, 9.17) is 0 Å². The van der Waals surface area contributed by atoms with Gasteiger partial charge in [0.2, 0.25) is 5.82 Å². The zero-order valence-corrected chi connectivity index (χ0v) is 12.6. The third-order valence-corrected chi connectivity index (χ3v) is 4.11. The summed E-state index contributed by atoms with van der Waals surface area (Å²) >= 11 is 0. The highest BCUT2D eigenvalue weighted by molar-refractivity contribution is 5.58. The minimum absolute atomic E-state index is 0.103. The van der Waals surface area contributed by atoms with Crippen molar-refractivity contribution in [3.63, 3.8) is 0 Å². The number of hydrogen-bond donors (Lipinski definition) is 1. The third kappa shape index (κ3) is 2.71. The number of rotatable bonds is 3. The maximum Gasteiger partial charge on any atom is 0.471 e. The summed E-state index contributed by atoms with van der Waals surface area (Å²) in [6.45, 7) is 0. The average molecular weight is 352 g/mol. The second kappa shape index (κ2) is 5.53. The van der Waals surface area contributed by atoms with E-state index in [2.05, 4.69) is 29.7 Å². The quantitative estimate of drug-likeness (QED) is 0.771. The summed E-state index contributed by atoms with van der Waals surface area (Å²) in [7, 11) is 0. The number of H-pyrrole nitrogens is 1. The fourth-order valence-corrected chi connectivity index (χ4v) is 2.97. The first-order chi connectivity index (χ1) is 11.9. The van der Waals surface area contributed by atoms with Crippen LogP contribution in [0, 0.1) is 0 Å². The first-order valence-electron chi connectivity index (χ1n) is 7.43. The number of halogens is 3. The van der Waals surface area contributed by atoms with Crippen LogP contribution in [0.1, 0.15) is 29.7 Å². The number of hydrogen-bond acceptors (Lipinski definition) is 6. The van der Waals surface area contributed by atoms with Crippen LogP contribution in [-0.4, -0.2) is 29.9 Å². The Hall–Kier alpha value is -2.98. The molecule has 4 rings (SSSR count). The molecule has 4 heterocycles. The predicted molar refractivity (Wildman–Crippen MR) is 76.4 cm³/mol. The summed E-state index contributed by atoms with van der Waals surface area (Å²) in [6.07, 6.45) is -0.229. The Morgan fingerprint density at radius 3 is 3.00 bits per heavy atom. The van der Waals surface area contributed by atoms with Crippen LogP contribution >= 0.6 is 0 Å². The molecular formula is C14H11F3N6O2. The fraction of sp³-hybridized carbons (Fsp3) is 0.357. The molecule has 1 aliphatic heterocycles. The standard InChI is InChI=1S/C14H11F3N6O2/c15-14(16,17)13-21-11(22-25-13)8-3-4-18-12(24)9(8)5-7-1-2-10-19-6-20-23(7)10/h3-4,6-7H,1-2,5H2,(H,18,24). The van der Waals surface area contributed by atoms with Crippen molar-refractivity contribution in [2.75, 3.05) is 0 Å². The van der Waals surface area contributed by atoms with Crippen molar-refractivity contribution in [1.82, 2.24) is 29.9 Å². The molecule has 1 aliphatic rings. The van der Waals surface area contributed by atoms with Crippen LogP contribution in [0.4, 0.5) is 13.2 Å². The molecule has 130 valence electrons. The maximum atomic E-state index is 12.7. The summed E-state index contributed by atoms with van der Waals surface area (Å²) in [5.74, 6) is -0.906. The van der Waals surface area contributed by atoms with Gasteiger partial charge in [-0.3, -0.25) is 4.79 Å². The van der Waals surface area contributed by atoms with E-state index in [0.717, 1.165) is 18.7 Å². The number of fused-ring (bicyclic) bond motifs is 1. The molecule has 25 heavy (non-hydrogen) atoms. The molecule has 8 nitrogen and oxygen atoms in total. The molecule has 0 fully saturated rings. The van der Waals surface area contributed by atoms with Crippen LogP contribution in [0.2, 0.25) is 0 Å². The van der Waals surface area contributed by atoms with Gasteiger partial charge >= 0.3 is 12.1 Å². The zero-order chi connectivity index (χ0) is 17.6. The highest BCUT2D eigenvalue weighted by atomic mass is 19.4. The van der Waals surface area contributed by atoms with Crippen molar-refractivity contribution in [2.24, 2.45) is 0 Å². The second-order valence-corrected chi connectivity index (χ2v) is 5.64. The van der Waals surface area contributed by atoms with E-state index in [-0.39, 0.29) is 29.4 Å². The van der Waals surface area contributed by atoms with Gasteiger partial charge in [-0.25, -0.2) is 9.67 Å². The van der Waals surface area contributed by atoms with Gasteiger partial charge in [0.1, 0.15) is 12.2 Å². The minimum Gasteiger partial charge on any atom is -0.329 e. The number of alkyl halides is 3. The topological polar surface area (TPSA) is 102 Å². The number of aromatic amines is 1. The van der Waals surface area contributed by atoms with Gasteiger partial charge in [-0.15, -0.1) is 0 Å². The Bertz CT molecular complexity index is 973. The van der Waals surface area contributed by atoms with E-state index in [1.54, 1.807) is 4.68 Å². The molecule has 1 unspecified atom stereocenters. The Morgan fingerprint density at radius 2 is 2.24 bits per heavy atom. The van der Waals surface area contributed by atoms with Crippen molar-refractivity contribution >= 4 is 0 Å². The average Bonchev–Trinajstić information content (AvgIpc) is 3.26. The summed E-state index contributed by atoms with van der Waals surface area (Å²) in [4.78, 5) is 22.3. The summed E-state index contributed by atoms with van der Waals surface area (Å²) in [6, 6.07) is 1.35. The van der Waals surface area contributed by atoms with E-state index < -0.39 is 17.6 Å². The SMILES string of the molecule is O=c1[nH]ccc(-c2noc(C(F)(F)F)n2)c1CC1CCc2ncnn21. The molecule has 0 saturated heterocycles. The molecule has 1 atom stereocenters. The molecule has 0 spiro atoms. The van der Waals surface area contributed by atoms with E-state index in [1.165, 1.54) is 18.6 Å². The number of aryl methyl sites for hydroxylation is 1. The lowest BCUT2D eigenvalue weighted by atomic mass is 10.0. The van der Waals surface area contributed by atoms with Crippen LogP contribution in [0.25, 0.3) is 11.4 Å². The van der Waals surface area contributed by atoms with Gasteiger partial charge in [-0.2, -0.15) is 23.3 Å². The van der Waals surface area contributed by atoms with Gasteiger partial charge in [-0.05, 0) is 12.5 Å². The third-order valence-electron chi connectivity index (χ3n) is 4.11. The first-order valence-corrected chi connectivity index (χ1v) is 7.43. The first kappa shape index (κ1) is 15.5. The number of aromatic nitrogens is 6. The Kier molecular flexibility index (Phi) is 3.44. The Labute approximate surface area is 137 Å². The van der Waals surface area contributed by atoms with Crippen LogP contribution in [0.5, 0.6) is 0 Å². The van der Waals surface area contributed by atoms with E-state index in [9.17, 15) is 18.0 Å². The summed E-state index contributed by atoms with van der Waals surface area (Å²) < 4.78 is 44.0. The van der Waals surface area contributed by atoms with Gasteiger partial charge in [0.05, 0.1) is 6.04 Å². The van der Waals surface area contributed by atoms with Gasteiger partial charge in [-0.1, -0.05) is 5.16 Å². The summed E-state index contributed by atoms with van der Waals surface area (Å²) in [5, 5.41) is 7.51. The Morgan fingerprint density at radius 1 is 1.40 bits per heavy atom. The number of nitrogens with one attached hydrogen (secondary N) is 1. The van der Waals surface area contributed by atoms with Crippen LogP contribution in [0.15, 0.2) is 27.9 Å². The molecule has 0 aromatic carbocycles. The van der Waals surface area contributed by atoms with Gasteiger partial charge in [0, 0.05) is 30.2 Å². The molecule has 0 amide bonds. The minimum atomic E-state index is -4.74. The summed E-state index contributed by atoms with van der Waals surface area (Å²) in [5.41, 5.74) is 0.0753. The molecule has 3 aromatic heterocycles. The highest BCUT2D eigenvalue weighted by Crippen LogP contribution is 2.31. The molecule has 0 aliphatic carbocycles. The van der Waals surface area contributed by atoms with Crippen LogP contribution in [-0.2, 0) is 19.0 Å². The molecular weight excluding hydrogens is 341 g/mol. The Balaban J connectivity index is 1.72. The maximum absolute atomic E-state index is 12.7. The monoisotopic (exact) mass is 352 g/mol. The van der Waals surface area contributed by atoms with Crippen molar-refractivity contribution in [3.05, 3.63) is 46.2 Å². The number of pyridine rings is 1. The van der Waals surface area contributed by atoms with Crippen molar-refractivity contribution in [3.8, 4) is 11.4 Å². The molecule has 3 aromatic rings. The predicted octanol–water partition coefficient (Wildman–Crippen LogP) is 1.77. The molecule has 0 radical (unpaired) electrons. The van der Waals surface area contributed by atoms with E-state index in [0.29, 0.717) is 0 Å². The molecule has 11 heteroatoms. The van der Waals surface area contributed by atoms with Crippen molar-refractivity contribution in [1.29, 1.82) is 0 Å². The molecule has 1 N–H and O–H groups in total. The number of nitrogens with zero attached hydrogens (tertiary/aromatic N) is 5. The zero-order valence-electron chi connectivity index (χ0n) is 12.6. The van der Waals surface area contributed by atoms with E-state index >= 15 is 0 Å². The van der Waals surface area contributed by atoms with Gasteiger partial charge in [0.15, 0.2) is 0 Å². The van der Waals surface area contributed by atoms with Crippen LogP contribution < -0.4 is 5.56 Å². The largest absolute Gasteiger partial charge is 0.471 e. The van der Waals surface area contributed by atoms with E-state index in [1.807, 2.05) is 0 Å². The second-order valence-electron chi connectivity index (χ2n) is 5.64. The van der Waals surface area contributed by atoms with Gasteiger partial charge in [0.25, 0.3) is 5.56 Å². The van der Waals surface area contributed by atoms with Gasteiger partial charge < -0.3 is 9.51 Å². The molecule has 0 saturated carbocycles.